The zero-order chi connectivity index (χ0) is 41.0. The molecule has 12 rings (SSSR count). The first-order chi connectivity index (χ1) is 30.8. The molecule has 0 fully saturated rings. The van der Waals surface area contributed by atoms with Crippen molar-refractivity contribution in [2.75, 3.05) is 4.90 Å². The van der Waals surface area contributed by atoms with Crippen LogP contribution < -0.4 is 4.90 Å². The molecule has 0 unspecified atom stereocenters. The van der Waals surface area contributed by atoms with Gasteiger partial charge in [0, 0.05) is 39.8 Å². The van der Waals surface area contributed by atoms with Crippen LogP contribution in [0.5, 0.6) is 0 Å². The summed E-state index contributed by atoms with van der Waals surface area (Å²) >= 11 is 0. The quantitative estimate of drug-likeness (QED) is 0.156. The second kappa shape index (κ2) is 14.8. The van der Waals surface area contributed by atoms with Crippen LogP contribution in [-0.4, -0.2) is 4.40 Å². The molecular formula is C60H40N2. The maximum Gasteiger partial charge on any atom is 0.0620 e. The average Bonchev–Trinajstić information content (AvgIpc) is 3.70. The Hall–Kier alpha value is -8.20. The zero-order valence-corrected chi connectivity index (χ0v) is 34.0. The SMILES string of the molecule is c1ccc(-c2c3c4ccccc4cc(-c4ccc(N(c5ccc(-c6cccc7ccccc67)cc5)c5ccc(-c6cccc7ccccc67)cc5)cc4)c3n3ccccc23)cc1. The Morgan fingerprint density at radius 1 is 0.306 bits per heavy atom. The van der Waals surface area contributed by atoms with Gasteiger partial charge in [-0.25, -0.2) is 0 Å². The highest BCUT2D eigenvalue weighted by Crippen LogP contribution is 2.45. The van der Waals surface area contributed by atoms with Crippen molar-refractivity contribution < 1.29 is 0 Å². The lowest BCUT2D eigenvalue weighted by molar-refractivity contribution is 1.25. The number of rotatable bonds is 7. The summed E-state index contributed by atoms with van der Waals surface area (Å²) < 4.78 is 2.38. The number of anilines is 3. The molecule has 0 saturated heterocycles. The molecule has 0 spiro atoms. The summed E-state index contributed by atoms with van der Waals surface area (Å²) in [6.45, 7) is 0. The molecule has 0 aliphatic rings. The summed E-state index contributed by atoms with van der Waals surface area (Å²) in [6.07, 6.45) is 2.21. The van der Waals surface area contributed by atoms with Crippen LogP contribution >= 0.6 is 0 Å². The minimum atomic E-state index is 1.09. The number of fused-ring (bicyclic) bond motifs is 7. The van der Waals surface area contributed by atoms with Gasteiger partial charge in [0.2, 0.25) is 0 Å². The van der Waals surface area contributed by atoms with E-state index in [0.717, 1.165) is 17.1 Å². The third-order valence-corrected chi connectivity index (χ3v) is 12.6. The van der Waals surface area contributed by atoms with Crippen LogP contribution in [-0.2, 0) is 0 Å². The Morgan fingerprint density at radius 2 is 0.758 bits per heavy atom. The summed E-state index contributed by atoms with van der Waals surface area (Å²) in [7, 11) is 0. The number of benzene rings is 10. The van der Waals surface area contributed by atoms with Crippen molar-refractivity contribution >= 4 is 65.8 Å². The molecule has 0 saturated carbocycles. The van der Waals surface area contributed by atoms with Gasteiger partial charge in [-0.2, -0.15) is 0 Å². The van der Waals surface area contributed by atoms with Gasteiger partial charge in [-0.1, -0.05) is 182 Å². The third kappa shape index (κ3) is 5.96. The van der Waals surface area contributed by atoms with Crippen LogP contribution in [0.2, 0.25) is 0 Å². The van der Waals surface area contributed by atoms with Crippen molar-refractivity contribution in [3.63, 3.8) is 0 Å². The van der Waals surface area contributed by atoms with Crippen LogP contribution in [0.4, 0.5) is 17.1 Å². The molecule has 0 aliphatic carbocycles. The number of pyridine rings is 1. The molecule has 12 aromatic rings. The first-order valence-electron chi connectivity index (χ1n) is 21.3. The lowest BCUT2D eigenvalue weighted by Gasteiger charge is -2.26. The first-order valence-corrected chi connectivity index (χ1v) is 21.3. The summed E-state index contributed by atoms with van der Waals surface area (Å²) in [4.78, 5) is 2.37. The summed E-state index contributed by atoms with van der Waals surface area (Å²) in [5, 5.41) is 8.77. The second-order valence-electron chi connectivity index (χ2n) is 16.1. The van der Waals surface area contributed by atoms with Crippen LogP contribution in [0.3, 0.4) is 0 Å². The zero-order valence-electron chi connectivity index (χ0n) is 34.0. The minimum Gasteiger partial charge on any atom is -0.315 e. The van der Waals surface area contributed by atoms with E-state index >= 15 is 0 Å². The highest BCUT2D eigenvalue weighted by atomic mass is 15.1. The molecule has 2 heterocycles. The van der Waals surface area contributed by atoms with E-state index < -0.39 is 0 Å². The molecule has 10 aromatic carbocycles. The number of hydrogen-bond acceptors (Lipinski definition) is 1. The van der Waals surface area contributed by atoms with Gasteiger partial charge in [0.15, 0.2) is 0 Å². The Balaban J connectivity index is 1.00. The van der Waals surface area contributed by atoms with Gasteiger partial charge < -0.3 is 9.30 Å². The summed E-state index contributed by atoms with van der Waals surface area (Å²) in [5.74, 6) is 0. The van der Waals surface area contributed by atoms with E-state index in [2.05, 4.69) is 252 Å². The van der Waals surface area contributed by atoms with Gasteiger partial charge in [-0.05, 0) is 120 Å². The predicted molar refractivity (Wildman–Crippen MR) is 264 cm³/mol. The van der Waals surface area contributed by atoms with Gasteiger partial charge >= 0.3 is 0 Å². The molecule has 0 aliphatic heterocycles. The van der Waals surface area contributed by atoms with E-state index in [9.17, 15) is 0 Å². The Bertz CT molecular complexity index is 3470. The summed E-state index contributed by atoms with van der Waals surface area (Å²) in [6, 6.07) is 86.2. The van der Waals surface area contributed by atoms with Crippen LogP contribution in [0, 0.1) is 0 Å². The van der Waals surface area contributed by atoms with Crippen molar-refractivity contribution in [2.45, 2.75) is 0 Å². The standard InChI is InChI=1S/C60H40N2/c1-2-16-46(17-3-1)58-57-26-10-11-39-61(57)60-56(40-47-18-6-9-23-55(47)59(58)60)45-31-37-50(38-32-45)62(48-33-27-43(28-34-48)53-24-12-19-41-14-4-7-21-51(41)53)49-35-29-44(30-36-49)54-25-13-20-42-15-5-8-22-52(42)54/h1-40H. The van der Waals surface area contributed by atoms with E-state index in [1.807, 2.05) is 0 Å². The molecule has 0 amide bonds. The Morgan fingerprint density at radius 3 is 1.32 bits per heavy atom. The lowest BCUT2D eigenvalue weighted by atomic mass is 9.93. The van der Waals surface area contributed by atoms with Gasteiger partial charge in [-0.3, -0.25) is 0 Å². The first kappa shape index (κ1) is 35.7. The van der Waals surface area contributed by atoms with Crippen molar-refractivity contribution in [3.8, 4) is 44.5 Å². The van der Waals surface area contributed by atoms with Crippen molar-refractivity contribution in [1.82, 2.24) is 4.40 Å². The molecule has 0 atom stereocenters. The molecular weight excluding hydrogens is 749 g/mol. The molecule has 290 valence electrons. The Kier molecular flexibility index (Phi) is 8.53. The number of hydrogen-bond donors (Lipinski definition) is 0. The molecule has 62 heavy (non-hydrogen) atoms. The fourth-order valence-corrected chi connectivity index (χ4v) is 9.70. The second-order valence-corrected chi connectivity index (χ2v) is 16.1. The minimum absolute atomic E-state index is 1.09. The summed E-state index contributed by atoms with van der Waals surface area (Å²) in [5.41, 5.74) is 15.4. The highest BCUT2D eigenvalue weighted by Gasteiger charge is 2.21. The van der Waals surface area contributed by atoms with E-state index in [1.54, 1.807) is 0 Å². The smallest absolute Gasteiger partial charge is 0.0620 e. The predicted octanol–water partition coefficient (Wildman–Crippen LogP) is 16.7. The Labute approximate surface area is 360 Å². The van der Waals surface area contributed by atoms with E-state index in [1.165, 1.54) is 93.2 Å². The molecule has 0 radical (unpaired) electrons. The molecule has 0 N–H and O–H groups in total. The van der Waals surface area contributed by atoms with Crippen LogP contribution in [0.1, 0.15) is 0 Å². The van der Waals surface area contributed by atoms with E-state index in [-0.39, 0.29) is 0 Å². The van der Waals surface area contributed by atoms with Gasteiger partial charge in [0.25, 0.3) is 0 Å². The molecule has 0 bridgehead atoms. The molecule has 2 aromatic heterocycles. The molecule has 2 heteroatoms. The average molecular weight is 789 g/mol. The maximum absolute atomic E-state index is 2.38. The van der Waals surface area contributed by atoms with Crippen LogP contribution in [0.25, 0.3) is 93.2 Å². The fourth-order valence-electron chi connectivity index (χ4n) is 9.70. The van der Waals surface area contributed by atoms with E-state index in [0.29, 0.717) is 0 Å². The largest absolute Gasteiger partial charge is 0.315 e. The number of aromatic nitrogens is 1. The topological polar surface area (TPSA) is 7.65 Å². The normalized spacial score (nSPS) is 11.5. The van der Waals surface area contributed by atoms with Crippen molar-refractivity contribution in [1.29, 1.82) is 0 Å². The van der Waals surface area contributed by atoms with Gasteiger partial charge in [0.1, 0.15) is 0 Å². The van der Waals surface area contributed by atoms with E-state index in [4.69, 9.17) is 0 Å². The lowest BCUT2D eigenvalue weighted by Crippen LogP contribution is -2.09. The van der Waals surface area contributed by atoms with Crippen molar-refractivity contribution in [3.05, 3.63) is 243 Å². The number of nitrogens with zero attached hydrogens (tertiary/aromatic N) is 2. The third-order valence-electron chi connectivity index (χ3n) is 12.6. The fraction of sp³-hybridized carbons (Fsp3) is 0. The van der Waals surface area contributed by atoms with Gasteiger partial charge in [0.05, 0.1) is 11.0 Å². The molecule has 2 nitrogen and oxygen atoms in total. The van der Waals surface area contributed by atoms with Crippen LogP contribution in [0.15, 0.2) is 243 Å². The monoisotopic (exact) mass is 788 g/mol. The van der Waals surface area contributed by atoms with Gasteiger partial charge in [-0.15, -0.1) is 0 Å². The maximum atomic E-state index is 2.38. The highest BCUT2D eigenvalue weighted by molar-refractivity contribution is 6.22. The van der Waals surface area contributed by atoms with Crippen molar-refractivity contribution in [2.24, 2.45) is 0 Å².